The Morgan fingerprint density at radius 1 is 1.19 bits per heavy atom. The monoisotopic (exact) mass is 289 g/mol. The molecule has 1 saturated heterocycles. The van der Waals surface area contributed by atoms with E-state index in [4.69, 9.17) is 0 Å². The zero-order valence-electron chi connectivity index (χ0n) is 12.8. The van der Waals surface area contributed by atoms with Crippen LogP contribution in [0.25, 0.3) is 0 Å². The minimum atomic E-state index is -0.267. The van der Waals surface area contributed by atoms with Gasteiger partial charge in [0.05, 0.1) is 0 Å². The molecule has 0 aromatic heterocycles. The Balaban J connectivity index is 1.98. The maximum absolute atomic E-state index is 12.1. The van der Waals surface area contributed by atoms with Crippen LogP contribution in [0.5, 0.6) is 0 Å². The molecule has 0 unspecified atom stereocenters. The fraction of sp³-hybridized carbons (Fsp3) is 0.500. The average molecular weight is 289 g/mol. The molecule has 2 amide bonds. The first-order chi connectivity index (χ1) is 9.97. The van der Waals surface area contributed by atoms with Crippen LogP contribution in [0.3, 0.4) is 0 Å². The number of nitrogens with zero attached hydrogens (tertiary/aromatic N) is 1. The van der Waals surface area contributed by atoms with Crippen LogP contribution in [-0.2, 0) is 0 Å². The summed E-state index contributed by atoms with van der Waals surface area (Å²) >= 11 is 0. The molecule has 1 heterocycles. The minimum absolute atomic E-state index is 0.0164. The van der Waals surface area contributed by atoms with E-state index in [-0.39, 0.29) is 11.8 Å². The number of carbonyl (C=O) groups is 2. The van der Waals surface area contributed by atoms with Crippen LogP contribution in [0.4, 0.5) is 10.5 Å². The molecule has 5 nitrogen and oxygen atoms in total. The average Bonchev–Trinajstić information content (AvgIpc) is 2.43. The van der Waals surface area contributed by atoms with Crippen LogP contribution in [0.15, 0.2) is 24.3 Å². The van der Waals surface area contributed by atoms with Gasteiger partial charge in [-0.25, -0.2) is 9.80 Å². The fourth-order valence-corrected chi connectivity index (χ4v) is 2.73. The van der Waals surface area contributed by atoms with Crippen molar-refractivity contribution in [2.45, 2.75) is 52.1 Å². The van der Waals surface area contributed by atoms with Gasteiger partial charge in [-0.3, -0.25) is 10.2 Å². The van der Waals surface area contributed by atoms with Gasteiger partial charge in [-0.2, -0.15) is 0 Å². The number of ketones is 1. The second-order valence-electron chi connectivity index (χ2n) is 5.74. The highest BCUT2D eigenvalue weighted by Crippen LogP contribution is 2.20. The Morgan fingerprint density at radius 3 is 2.48 bits per heavy atom. The van der Waals surface area contributed by atoms with E-state index in [2.05, 4.69) is 24.6 Å². The van der Waals surface area contributed by atoms with Crippen LogP contribution in [-0.4, -0.2) is 28.9 Å². The number of hydrogen-bond acceptors (Lipinski definition) is 3. The first-order valence-electron chi connectivity index (χ1n) is 7.44. The summed E-state index contributed by atoms with van der Waals surface area (Å²) in [6.45, 7) is 5.74. The highest BCUT2D eigenvalue weighted by atomic mass is 16.2. The van der Waals surface area contributed by atoms with E-state index in [9.17, 15) is 9.59 Å². The van der Waals surface area contributed by atoms with Gasteiger partial charge in [0.25, 0.3) is 0 Å². The lowest BCUT2D eigenvalue weighted by Crippen LogP contribution is -2.55. The number of amides is 2. The number of carbonyl (C=O) groups excluding carboxylic acids is 2. The molecule has 5 heteroatoms. The van der Waals surface area contributed by atoms with Gasteiger partial charge in [0.1, 0.15) is 0 Å². The zero-order chi connectivity index (χ0) is 15.4. The van der Waals surface area contributed by atoms with Crippen molar-refractivity contribution in [1.82, 2.24) is 10.4 Å². The molecule has 0 bridgehead atoms. The number of rotatable bonds is 3. The fourth-order valence-electron chi connectivity index (χ4n) is 2.73. The highest BCUT2D eigenvalue weighted by Gasteiger charge is 2.26. The molecule has 1 aliphatic rings. The third-order valence-electron chi connectivity index (χ3n) is 3.95. The van der Waals surface area contributed by atoms with Crippen molar-refractivity contribution >= 4 is 17.5 Å². The Morgan fingerprint density at radius 2 is 1.86 bits per heavy atom. The van der Waals surface area contributed by atoms with Gasteiger partial charge in [-0.05, 0) is 45.7 Å². The van der Waals surface area contributed by atoms with E-state index in [0.29, 0.717) is 23.3 Å². The van der Waals surface area contributed by atoms with Crippen LogP contribution in [0.1, 0.15) is 50.4 Å². The molecule has 1 fully saturated rings. The van der Waals surface area contributed by atoms with Crippen molar-refractivity contribution in [3.8, 4) is 0 Å². The summed E-state index contributed by atoms with van der Waals surface area (Å²) in [5.74, 6) is -0.0164. The van der Waals surface area contributed by atoms with Crippen molar-refractivity contribution in [3.63, 3.8) is 0 Å². The van der Waals surface area contributed by atoms with Crippen molar-refractivity contribution < 1.29 is 9.59 Å². The number of hydrazine groups is 1. The van der Waals surface area contributed by atoms with Gasteiger partial charge in [0.15, 0.2) is 5.78 Å². The number of benzene rings is 1. The molecule has 0 radical (unpaired) electrons. The quantitative estimate of drug-likeness (QED) is 0.840. The van der Waals surface area contributed by atoms with Crippen molar-refractivity contribution in [1.29, 1.82) is 0 Å². The molecule has 1 aromatic rings. The number of urea groups is 1. The molecular weight excluding hydrogens is 266 g/mol. The van der Waals surface area contributed by atoms with Crippen LogP contribution < -0.4 is 10.7 Å². The minimum Gasteiger partial charge on any atom is -0.307 e. The van der Waals surface area contributed by atoms with Crippen molar-refractivity contribution in [3.05, 3.63) is 29.8 Å². The summed E-state index contributed by atoms with van der Waals surface area (Å²) in [5, 5.41) is 4.79. The van der Waals surface area contributed by atoms with E-state index in [1.165, 1.54) is 13.3 Å². The number of piperidine rings is 1. The molecule has 1 aliphatic heterocycles. The largest absolute Gasteiger partial charge is 0.333 e. The maximum Gasteiger partial charge on any atom is 0.333 e. The summed E-state index contributed by atoms with van der Waals surface area (Å²) < 4.78 is 0. The molecule has 2 rings (SSSR count). The first kappa shape index (κ1) is 15.5. The number of Topliss-reactive ketones (excluding diaryl/α,β-unsaturated/α-hetero) is 1. The summed E-state index contributed by atoms with van der Waals surface area (Å²) in [4.78, 5) is 23.5. The smallest absolute Gasteiger partial charge is 0.307 e. The number of nitrogens with one attached hydrogen (secondary N) is 2. The maximum atomic E-state index is 12.1. The molecule has 21 heavy (non-hydrogen) atoms. The topological polar surface area (TPSA) is 61.4 Å². The molecule has 114 valence electrons. The van der Waals surface area contributed by atoms with E-state index in [1.807, 2.05) is 5.01 Å². The van der Waals surface area contributed by atoms with Crippen LogP contribution >= 0.6 is 0 Å². The number of hydrogen-bond donors (Lipinski definition) is 2. The van der Waals surface area contributed by atoms with Gasteiger partial charge >= 0.3 is 6.03 Å². The lowest BCUT2D eigenvalue weighted by molar-refractivity contribution is 0.0625. The van der Waals surface area contributed by atoms with Gasteiger partial charge in [0, 0.05) is 23.3 Å². The summed E-state index contributed by atoms with van der Waals surface area (Å²) in [6, 6.07) is 7.36. The molecule has 2 N–H and O–H groups in total. The SMILES string of the molecule is CC(=O)c1cccc(NC(=O)NN2[C@H](C)CCC[C@@H]2C)c1. The van der Waals surface area contributed by atoms with Crippen LogP contribution in [0.2, 0.25) is 0 Å². The molecule has 2 atom stereocenters. The predicted octanol–water partition coefficient (Wildman–Crippen LogP) is 3.19. The van der Waals surface area contributed by atoms with Crippen LogP contribution in [0, 0.1) is 0 Å². The summed E-state index contributed by atoms with van der Waals surface area (Å²) in [7, 11) is 0. The second-order valence-corrected chi connectivity index (χ2v) is 5.74. The van der Waals surface area contributed by atoms with Crippen molar-refractivity contribution in [2.75, 3.05) is 5.32 Å². The van der Waals surface area contributed by atoms with Gasteiger partial charge in [-0.1, -0.05) is 18.6 Å². The zero-order valence-corrected chi connectivity index (χ0v) is 12.8. The third-order valence-corrected chi connectivity index (χ3v) is 3.95. The van der Waals surface area contributed by atoms with E-state index < -0.39 is 0 Å². The predicted molar refractivity (Wildman–Crippen MR) is 83.2 cm³/mol. The molecule has 1 aromatic carbocycles. The Hall–Kier alpha value is -1.88. The Bertz CT molecular complexity index is 520. The molecule has 0 saturated carbocycles. The summed E-state index contributed by atoms with van der Waals surface area (Å²) in [5.41, 5.74) is 4.13. The van der Waals surface area contributed by atoms with E-state index in [0.717, 1.165) is 12.8 Å². The van der Waals surface area contributed by atoms with E-state index in [1.54, 1.807) is 24.3 Å². The molecular formula is C16H23N3O2. The highest BCUT2D eigenvalue weighted by molar-refractivity contribution is 5.96. The molecule has 0 spiro atoms. The first-order valence-corrected chi connectivity index (χ1v) is 7.44. The molecule has 0 aliphatic carbocycles. The van der Waals surface area contributed by atoms with Gasteiger partial charge in [0.2, 0.25) is 0 Å². The van der Waals surface area contributed by atoms with E-state index >= 15 is 0 Å². The Labute approximate surface area is 125 Å². The van der Waals surface area contributed by atoms with Crippen molar-refractivity contribution in [2.24, 2.45) is 0 Å². The standard InChI is InChI=1S/C16H23N3O2/c1-11-6-4-7-12(2)19(11)18-16(21)17-15-9-5-8-14(10-15)13(3)20/h5,8-12H,4,6-7H2,1-3H3,(H2,17,18,21)/t11-,12+. The lowest BCUT2D eigenvalue weighted by atomic mass is 10.00. The number of anilines is 1. The normalized spacial score (nSPS) is 22.6. The Kier molecular flexibility index (Phi) is 4.96. The van der Waals surface area contributed by atoms with Gasteiger partial charge < -0.3 is 5.32 Å². The summed E-state index contributed by atoms with van der Waals surface area (Å²) in [6.07, 6.45) is 3.37. The van der Waals surface area contributed by atoms with Gasteiger partial charge in [-0.15, -0.1) is 0 Å². The third kappa shape index (κ3) is 4.04. The second kappa shape index (κ2) is 6.72. The lowest BCUT2D eigenvalue weighted by Gasteiger charge is -2.38.